The molecule has 148 valence electrons. The fourth-order valence-corrected chi connectivity index (χ4v) is 5.10. The molecule has 0 aliphatic carbocycles. The maximum Gasteiger partial charge on any atom is 0.255 e. The van der Waals surface area contributed by atoms with Crippen molar-refractivity contribution in [3.8, 4) is 11.5 Å². The van der Waals surface area contributed by atoms with Crippen molar-refractivity contribution < 1.29 is 22.7 Å². The Morgan fingerprint density at radius 2 is 1.75 bits per heavy atom. The van der Waals surface area contributed by atoms with Crippen LogP contribution in [-0.2, 0) is 10.0 Å². The van der Waals surface area contributed by atoms with Gasteiger partial charge in [0.1, 0.15) is 17.1 Å². The van der Waals surface area contributed by atoms with E-state index >= 15 is 0 Å². The van der Waals surface area contributed by atoms with E-state index in [1.165, 1.54) is 11.4 Å². The van der Waals surface area contributed by atoms with E-state index in [0.29, 0.717) is 49.5 Å². The molecule has 1 N–H and O–H groups in total. The maximum atomic E-state index is 13.0. The molecular formula is C20H22N2O5S. The van der Waals surface area contributed by atoms with Crippen LogP contribution in [0.1, 0.15) is 23.2 Å². The molecule has 1 amide bonds. The Morgan fingerprint density at radius 3 is 2.43 bits per heavy atom. The van der Waals surface area contributed by atoms with E-state index in [-0.39, 0.29) is 10.8 Å². The van der Waals surface area contributed by atoms with E-state index in [1.54, 1.807) is 42.5 Å². The van der Waals surface area contributed by atoms with Gasteiger partial charge in [-0.2, -0.15) is 4.31 Å². The number of amides is 1. The number of fused-ring (bicyclic) bond motifs is 1. The number of nitrogens with zero attached hydrogens (tertiary/aromatic N) is 1. The van der Waals surface area contributed by atoms with Crippen LogP contribution in [0.5, 0.6) is 11.5 Å². The van der Waals surface area contributed by atoms with E-state index < -0.39 is 15.6 Å². The molecule has 4 rings (SSSR count). The molecule has 0 aromatic heterocycles. The molecule has 8 heteroatoms. The standard InChI is InChI=1S/C20H22N2O5S/c1-26-15-6-8-16(9-7-15)28(24,25)22-12-10-20(11-13-22)14-21-19(23)17-4-2-3-5-18(17)27-20/h2-9H,10-14H2,1H3,(H,21,23). The van der Waals surface area contributed by atoms with Crippen molar-refractivity contribution in [2.24, 2.45) is 0 Å². The van der Waals surface area contributed by atoms with Crippen molar-refractivity contribution in [2.75, 3.05) is 26.7 Å². The lowest BCUT2D eigenvalue weighted by Gasteiger charge is -2.40. The van der Waals surface area contributed by atoms with Crippen LogP contribution in [0, 0.1) is 0 Å². The molecule has 1 saturated heterocycles. The highest BCUT2D eigenvalue weighted by Gasteiger charge is 2.42. The first-order chi connectivity index (χ1) is 13.4. The number of carbonyl (C=O) groups is 1. The molecule has 2 aliphatic heterocycles. The van der Waals surface area contributed by atoms with E-state index in [2.05, 4.69) is 5.32 Å². The summed E-state index contributed by atoms with van der Waals surface area (Å²) < 4.78 is 38.7. The van der Waals surface area contributed by atoms with E-state index in [0.717, 1.165) is 0 Å². The van der Waals surface area contributed by atoms with Crippen LogP contribution >= 0.6 is 0 Å². The second-order valence-corrected chi connectivity index (χ2v) is 8.98. The Labute approximate surface area is 164 Å². The summed E-state index contributed by atoms with van der Waals surface area (Å²) in [6.07, 6.45) is 0.994. The molecule has 0 unspecified atom stereocenters. The number of carbonyl (C=O) groups excluding carboxylic acids is 1. The zero-order valence-corrected chi connectivity index (χ0v) is 16.4. The predicted molar refractivity (Wildman–Crippen MR) is 103 cm³/mol. The van der Waals surface area contributed by atoms with Gasteiger partial charge in [0.2, 0.25) is 10.0 Å². The quantitative estimate of drug-likeness (QED) is 0.849. The van der Waals surface area contributed by atoms with Gasteiger partial charge in [0, 0.05) is 25.9 Å². The van der Waals surface area contributed by atoms with Gasteiger partial charge in [-0.15, -0.1) is 0 Å². The second kappa shape index (κ2) is 7.10. The van der Waals surface area contributed by atoms with Crippen LogP contribution in [-0.4, -0.2) is 51.0 Å². The van der Waals surface area contributed by atoms with Crippen LogP contribution in [0.3, 0.4) is 0 Å². The average molecular weight is 402 g/mol. The Morgan fingerprint density at radius 1 is 1.07 bits per heavy atom. The summed E-state index contributed by atoms with van der Waals surface area (Å²) in [5.74, 6) is 0.988. The molecule has 1 fully saturated rings. The van der Waals surface area contributed by atoms with Gasteiger partial charge in [-0.05, 0) is 36.4 Å². The molecule has 0 bridgehead atoms. The molecule has 2 aliphatic rings. The van der Waals surface area contributed by atoms with Gasteiger partial charge in [0.25, 0.3) is 5.91 Å². The summed E-state index contributed by atoms with van der Waals surface area (Å²) in [5.41, 5.74) is -0.0959. The minimum Gasteiger partial charge on any atom is -0.497 e. The Balaban J connectivity index is 1.52. The molecule has 0 radical (unpaired) electrons. The van der Waals surface area contributed by atoms with Gasteiger partial charge in [-0.3, -0.25) is 4.79 Å². The second-order valence-electron chi connectivity index (χ2n) is 7.04. The number of piperidine rings is 1. The van der Waals surface area contributed by atoms with Gasteiger partial charge in [-0.1, -0.05) is 12.1 Å². The lowest BCUT2D eigenvalue weighted by Crippen LogP contribution is -2.54. The monoisotopic (exact) mass is 402 g/mol. The summed E-state index contributed by atoms with van der Waals surface area (Å²) in [7, 11) is -2.05. The van der Waals surface area contributed by atoms with Crippen molar-refractivity contribution in [1.82, 2.24) is 9.62 Å². The van der Waals surface area contributed by atoms with Gasteiger partial charge in [0.05, 0.1) is 24.1 Å². The summed E-state index contributed by atoms with van der Waals surface area (Å²) >= 11 is 0. The number of hydrogen-bond acceptors (Lipinski definition) is 5. The van der Waals surface area contributed by atoms with Gasteiger partial charge in [0.15, 0.2) is 0 Å². The zero-order chi connectivity index (χ0) is 19.8. The summed E-state index contributed by atoms with van der Waals surface area (Å²) in [6, 6.07) is 13.5. The van der Waals surface area contributed by atoms with Crippen LogP contribution in [0.4, 0.5) is 0 Å². The van der Waals surface area contributed by atoms with Gasteiger partial charge >= 0.3 is 0 Å². The molecule has 0 atom stereocenters. The number of methoxy groups -OCH3 is 1. The third-order valence-corrected chi connectivity index (χ3v) is 7.27. The number of hydrogen-bond donors (Lipinski definition) is 1. The number of nitrogens with one attached hydrogen (secondary N) is 1. The summed E-state index contributed by atoms with van der Waals surface area (Å²) in [6.45, 7) is 1.01. The fourth-order valence-electron chi connectivity index (χ4n) is 3.66. The van der Waals surface area contributed by atoms with Gasteiger partial charge in [-0.25, -0.2) is 8.42 Å². The number of ether oxygens (including phenoxy) is 2. The van der Waals surface area contributed by atoms with Crippen LogP contribution in [0.25, 0.3) is 0 Å². The third-order valence-electron chi connectivity index (χ3n) is 5.36. The molecule has 2 aromatic carbocycles. The van der Waals surface area contributed by atoms with Crippen molar-refractivity contribution >= 4 is 15.9 Å². The molecular weight excluding hydrogens is 380 g/mol. The van der Waals surface area contributed by atoms with E-state index in [1.807, 2.05) is 6.07 Å². The predicted octanol–water partition coefficient (Wildman–Crippen LogP) is 2.04. The van der Waals surface area contributed by atoms with Crippen molar-refractivity contribution in [2.45, 2.75) is 23.3 Å². The van der Waals surface area contributed by atoms with Crippen molar-refractivity contribution in [3.05, 3.63) is 54.1 Å². The molecule has 1 spiro atoms. The van der Waals surface area contributed by atoms with Crippen LogP contribution < -0.4 is 14.8 Å². The number of rotatable bonds is 3. The number of para-hydroxylation sites is 1. The lowest BCUT2D eigenvalue weighted by molar-refractivity contribution is 0.0246. The minimum absolute atomic E-state index is 0.166. The van der Waals surface area contributed by atoms with Crippen molar-refractivity contribution in [1.29, 1.82) is 0 Å². The first-order valence-corrected chi connectivity index (χ1v) is 10.6. The van der Waals surface area contributed by atoms with Crippen LogP contribution in [0.15, 0.2) is 53.4 Å². The largest absolute Gasteiger partial charge is 0.497 e. The van der Waals surface area contributed by atoms with Gasteiger partial charge < -0.3 is 14.8 Å². The molecule has 7 nitrogen and oxygen atoms in total. The Bertz CT molecular complexity index is 980. The summed E-state index contributed by atoms with van der Waals surface area (Å²) in [4.78, 5) is 12.5. The number of benzene rings is 2. The highest BCUT2D eigenvalue weighted by molar-refractivity contribution is 7.89. The average Bonchev–Trinajstić information content (AvgIpc) is 2.85. The molecule has 2 heterocycles. The fraction of sp³-hybridized carbons (Fsp3) is 0.350. The van der Waals surface area contributed by atoms with Crippen LogP contribution in [0.2, 0.25) is 0 Å². The lowest BCUT2D eigenvalue weighted by atomic mass is 9.92. The highest BCUT2D eigenvalue weighted by atomic mass is 32.2. The third kappa shape index (κ3) is 3.33. The first kappa shape index (κ1) is 18.8. The Hall–Kier alpha value is -2.58. The minimum atomic E-state index is -3.59. The van der Waals surface area contributed by atoms with Crippen molar-refractivity contribution in [3.63, 3.8) is 0 Å². The smallest absolute Gasteiger partial charge is 0.255 e. The normalized spacial score (nSPS) is 19.2. The first-order valence-electron chi connectivity index (χ1n) is 9.14. The molecule has 28 heavy (non-hydrogen) atoms. The SMILES string of the molecule is COc1ccc(S(=O)(=O)N2CCC3(CC2)CNC(=O)c2ccccc2O3)cc1. The zero-order valence-electron chi connectivity index (χ0n) is 15.6. The highest BCUT2D eigenvalue weighted by Crippen LogP contribution is 2.34. The number of sulfonamides is 1. The summed E-state index contributed by atoms with van der Waals surface area (Å²) in [5, 5.41) is 2.91. The Kier molecular flexibility index (Phi) is 4.76. The topological polar surface area (TPSA) is 84.9 Å². The van der Waals surface area contributed by atoms with E-state index in [4.69, 9.17) is 9.47 Å². The molecule has 0 saturated carbocycles. The van der Waals surface area contributed by atoms with E-state index in [9.17, 15) is 13.2 Å². The maximum absolute atomic E-state index is 13.0. The molecule has 2 aromatic rings.